The summed E-state index contributed by atoms with van der Waals surface area (Å²) in [4.78, 5) is 33.3. The van der Waals surface area contributed by atoms with Gasteiger partial charge in [-0.3, -0.25) is 20.0 Å². The van der Waals surface area contributed by atoms with Gasteiger partial charge in [0.25, 0.3) is 11.6 Å². The zero-order chi connectivity index (χ0) is 22.5. The van der Waals surface area contributed by atoms with Gasteiger partial charge < -0.3 is 14.6 Å². The van der Waals surface area contributed by atoms with Crippen LogP contribution in [0.25, 0.3) is 6.08 Å². The average molecular weight is 437 g/mol. The summed E-state index contributed by atoms with van der Waals surface area (Å²) in [5.74, 6) is 0.505. The van der Waals surface area contributed by atoms with Crippen molar-refractivity contribution in [2.75, 3.05) is 21.0 Å². The maximum absolute atomic E-state index is 11.8. The highest BCUT2D eigenvalue weighted by Gasteiger charge is 2.20. The number of nitrogens with zero attached hydrogens (tertiary/aromatic N) is 1. The highest BCUT2D eigenvalue weighted by Crippen LogP contribution is 2.36. The number of benzene rings is 2. The number of nitroso groups, excluding NO2 is 1. The fraction of sp³-hybridized carbons (Fsp3) is 0.200. The zero-order valence-electron chi connectivity index (χ0n) is 16.7. The number of hydrazine groups is 1. The molecule has 0 aliphatic carbocycles. The average Bonchev–Trinajstić information content (AvgIpc) is 3.22. The van der Waals surface area contributed by atoms with Crippen LogP contribution in [-0.2, 0) is 9.59 Å². The molecule has 0 unspecified atom stereocenters. The van der Waals surface area contributed by atoms with Crippen LogP contribution in [0, 0.1) is 4.91 Å². The number of amides is 2. The minimum absolute atomic E-state index is 0.0877. The molecule has 0 atom stereocenters. The van der Waals surface area contributed by atoms with Crippen molar-refractivity contribution >= 4 is 35.7 Å². The van der Waals surface area contributed by atoms with Crippen LogP contribution in [0.4, 0.5) is 5.69 Å². The number of ether oxygens (including phenoxy) is 2. The van der Waals surface area contributed by atoms with Gasteiger partial charge in [0.2, 0.25) is 13.2 Å². The van der Waals surface area contributed by atoms with Crippen molar-refractivity contribution in [2.45, 2.75) is 6.92 Å². The second-order valence-electron chi connectivity index (χ2n) is 5.67. The summed E-state index contributed by atoms with van der Waals surface area (Å²) in [6.07, 6.45) is 1.98. The van der Waals surface area contributed by atoms with Gasteiger partial charge in [0, 0.05) is 34.8 Å². The normalized spacial score (nSPS) is 11.2. The first-order chi connectivity index (χ1) is 14.4. The molecular weight excluding hydrogens is 414 g/mol. The van der Waals surface area contributed by atoms with E-state index in [0.717, 1.165) is 17.1 Å². The third-order valence-electron chi connectivity index (χ3n) is 3.55. The van der Waals surface area contributed by atoms with Crippen LogP contribution in [0.3, 0.4) is 0 Å². The molecule has 1 aliphatic heterocycles. The maximum Gasteiger partial charge on any atom is 0.265 e. The van der Waals surface area contributed by atoms with Gasteiger partial charge in [0.05, 0.1) is 11.6 Å². The summed E-state index contributed by atoms with van der Waals surface area (Å²) in [7, 11) is 2.41. The highest BCUT2D eigenvalue weighted by molar-refractivity contribution is 6.30. The Morgan fingerprint density at radius 3 is 2.30 bits per heavy atom. The van der Waals surface area contributed by atoms with E-state index in [1.807, 2.05) is 30.3 Å². The van der Waals surface area contributed by atoms with Gasteiger partial charge in [-0.1, -0.05) is 29.8 Å². The summed E-state index contributed by atoms with van der Waals surface area (Å²) >= 11 is 5.54. The number of nitrogens with one attached hydrogen (secondary N) is 2. The van der Waals surface area contributed by atoms with E-state index in [1.165, 1.54) is 19.2 Å². The zero-order valence-corrected chi connectivity index (χ0v) is 17.5. The van der Waals surface area contributed by atoms with E-state index in [0.29, 0.717) is 29.0 Å². The minimum atomic E-state index is -0.459. The number of hydrogen-bond donors (Lipinski definition) is 3. The molecule has 0 fully saturated rings. The smallest absolute Gasteiger partial charge is 0.265 e. The highest BCUT2D eigenvalue weighted by atomic mass is 35.5. The molecule has 3 N–H and O–H groups in total. The van der Waals surface area contributed by atoms with Gasteiger partial charge in [-0.05, 0) is 31.2 Å². The molecule has 2 aromatic carbocycles. The molecule has 0 spiro atoms. The molecule has 0 aromatic heterocycles. The van der Waals surface area contributed by atoms with Crippen molar-refractivity contribution in [1.82, 2.24) is 10.4 Å². The SMILES string of the molecule is C/C(=C/c1cc2c(cc1[NH+]=O)OCO2)C(=O)NN(C)C=O.CO.Clc1ccccc1. The van der Waals surface area contributed by atoms with Crippen molar-refractivity contribution < 1.29 is 29.3 Å². The summed E-state index contributed by atoms with van der Waals surface area (Å²) in [5, 5.41) is 10.6. The Hall–Kier alpha value is -3.43. The van der Waals surface area contributed by atoms with E-state index in [1.54, 1.807) is 18.2 Å². The second-order valence-corrected chi connectivity index (χ2v) is 6.11. The molecule has 3 rings (SSSR count). The Bertz CT molecular complexity index is 890. The lowest BCUT2D eigenvalue weighted by Gasteiger charge is -2.12. The van der Waals surface area contributed by atoms with Crippen LogP contribution in [0.2, 0.25) is 5.02 Å². The van der Waals surface area contributed by atoms with E-state index in [2.05, 4.69) is 5.43 Å². The topological polar surface area (TPSA) is 119 Å². The number of aliphatic hydroxyl groups is 1. The van der Waals surface area contributed by atoms with E-state index in [4.69, 9.17) is 26.2 Å². The Kier molecular flexibility index (Phi) is 10.6. The molecule has 0 radical (unpaired) electrons. The minimum Gasteiger partial charge on any atom is -0.454 e. The fourth-order valence-corrected chi connectivity index (χ4v) is 2.30. The predicted molar refractivity (Wildman–Crippen MR) is 112 cm³/mol. The Balaban J connectivity index is 0.000000418. The number of fused-ring (bicyclic) bond motifs is 1. The maximum atomic E-state index is 11.8. The molecule has 160 valence electrons. The van der Waals surface area contributed by atoms with Crippen LogP contribution in [0.5, 0.6) is 11.5 Å². The standard InChI is InChI=1S/C13H13N3O5.C6H5Cl.CH4O/c1-8(13(18)14-16(2)6-17)3-9-4-11-12(21-7-20-11)5-10(9)15-19;7-6-4-2-1-3-5-6;1-2/h3-6H,7H2,1-2H3,(H,14,18);1-5H;2H,1H3/p+1/b8-3-;;. The quantitative estimate of drug-likeness (QED) is 0.370. The number of carbonyl (C=O) groups is 2. The third-order valence-corrected chi connectivity index (χ3v) is 3.81. The molecule has 2 aromatic rings. The van der Waals surface area contributed by atoms with Crippen molar-refractivity contribution in [3.63, 3.8) is 0 Å². The lowest BCUT2D eigenvalue weighted by atomic mass is 10.1. The van der Waals surface area contributed by atoms with Crippen molar-refractivity contribution in [3.05, 3.63) is 63.5 Å². The first-order valence-electron chi connectivity index (χ1n) is 8.59. The van der Waals surface area contributed by atoms with E-state index in [-0.39, 0.29) is 12.5 Å². The van der Waals surface area contributed by atoms with Gasteiger partial charge in [-0.25, -0.2) is 0 Å². The molecule has 10 heteroatoms. The Labute approximate surface area is 178 Å². The van der Waals surface area contributed by atoms with Crippen molar-refractivity contribution in [3.8, 4) is 11.5 Å². The van der Waals surface area contributed by atoms with Gasteiger partial charge in [0.1, 0.15) is 0 Å². The molecule has 0 saturated heterocycles. The number of rotatable bonds is 5. The van der Waals surface area contributed by atoms with Crippen LogP contribution in [0.1, 0.15) is 12.5 Å². The fourth-order valence-electron chi connectivity index (χ4n) is 2.15. The molecular formula is C20H23ClN3O6+. The van der Waals surface area contributed by atoms with Crippen LogP contribution in [0.15, 0.2) is 48.0 Å². The first-order valence-corrected chi connectivity index (χ1v) is 8.97. The lowest BCUT2D eigenvalue weighted by Crippen LogP contribution is -2.56. The number of carbonyl (C=O) groups excluding carboxylic acids is 2. The van der Waals surface area contributed by atoms with Gasteiger partial charge >= 0.3 is 0 Å². The van der Waals surface area contributed by atoms with Crippen LogP contribution in [-0.4, -0.2) is 43.4 Å². The van der Waals surface area contributed by atoms with Crippen molar-refractivity contribution in [2.24, 2.45) is 0 Å². The molecule has 0 saturated carbocycles. The second kappa shape index (κ2) is 12.9. The Morgan fingerprint density at radius 2 is 1.80 bits per heavy atom. The Morgan fingerprint density at radius 1 is 1.20 bits per heavy atom. The number of hydrogen-bond acceptors (Lipinski definition) is 6. The molecule has 1 heterocycles. The monoisotopic (exact) mass is 436 g/mol. The van der Waals surface area contributed by atoms with Gasteiger partial charge in [-0.15, -0.1) is 0 Å². The lowest BCUT2D eigenvalue weighted by molar-refractivity contribution is -0.379. The third kappa shape index (κ3) is 7.53. The number of aliphatic hydroxyl groups excluding tert-OH is 1. The molecule has 0 bridgehead atoms. The van der Waals surface area contributed by atoms with Crippen LogP contribution >= 0.6 is 11.6 Å². The van der Waals surface area contributed by atoms with E-state index in [9.17, 15) is 14.5 Å². The van der Waals surface area contributed by atoms with Gasteiger partial charge in [-0.2, -0.15) is 0 Å². The molecule has 30 heavy (non-hydrogen) atoms. The predicted octanol–water partition coefficient (Wildman–Crippen LogP) is 1.37. The summed E-state index contributed by atoms with van der Waals surface area (Å²) in [5.41, 5.74) is 3.40. The van der Waals surface area contributed by atoms with Crippen molar-refractivity contribution in [1.29, 1.82) is 0 Å². The van der Waals surface area contributed by atoms with E-state index < -0.39 is 5.91 Å². The first kappa shape index (κ1) is 24.6. The number of halogens is 1. The van der Waals surface area contributed by atoms with Crippen LogP contribution < -0.4 is 20.1 Å². The summed E-state index contributed by atoms with van der Waals surface area (Å²) in [6.45, 7) is 1.65. The molecule has 2 amide bonds. The van der Waals surface area contributed by atoms with Gasteiger partial charge in [0.15, 0.2) is 11.5 Å². The largest absolute Gasteiger partial charge is 0.454 e. The summed E-state index contributed by atoms with van der Waals surface area (Å²) in [6, 6.07) is 12.5. The molecule has 1 aliphatic rings. The molecule has 9 nitrogen and oxygen atoms in total. The van der Waals surface area contributed by atoms with E-state index >= 15 is 0 Å². The summed E-state index contributed by atoms with van der Waals surface area (Å²) < 4.78 is 10.4.